The summed E-state index contributed by atoms with van der Waals surface area (Å²) < 4.78 is 32.4. The van der Waals surface area contributed by atoms with Crippen LogP contribution >= 0.6 is 22.9 Å². The van der Waals surface area contributed by atoms with Gasteiger partial charge in [0.2, 0.25) is 15.9 Å². The first-order valence-corrected chi connectivity index (χ1v) is 12.8. The van der Waals surface area contributed by atoms with Crippen molar-refractivity contribution in [3.05, 3.63) is 45.3 Å². The van der Waals surface area contributed by atoms with E-state index in [1.807, 2.05) is 0 Å². The Bertz CT molecular complexity index is 1110. The number of benzene rings is 1. The Morgan fingerprint density at radius 1 is 1.16 bits per heavy atom. The van der Waals surface area contributed by atoms with Gasteiger partial charge in [-0.1, -0.05) is 11.6 Å². The number of ether oxygens (including phenoxy) is 1. The molecular formula is C21H23ClN2O5S2. The summed E-state index contributed by atoms with van der Waals surface area (Å²) in [6, 6.07) is 5.06. The maximum absolute atomic E-state index is 13.1. The van der Waals surface area contributed by atoms with Gasteiger partial charge in [-0.25, -0.2) is 13.2 Å². The van der Waals surface area contributed by atoms with Crippen LogP contribution in [0.5, 0.6) is 0 Å². The molecule has 2 aromatic rings. The number of anilines is 1. The van der Waals surface area contributed by atoms with E-state index < -0.39 is 27.9 Å². The number of nitrogens with zero attached hydrogens (tertiary/aromatic N) is 1. The van der Waals surface area contributed by atoms with E-state index >= 15 is 0 Å². The maximum atomic E-state index is 13.1. The zero-order chi connectivity index (χ0) is 22.2. The van der Waals surface area contributed by atoms with E-state index in [1.54, 1.807) is 0 Å². The van der Waals surface area contributed by atoms with E-state index in [1.165, 1.54) is 47.0 Å². The summed E-state index contributed by atoms with van der Waals surface area (Å²) in [4.78, 5) is 26.7. The van der Waals surface area contributed by atoms with Crippen LogP contribution in [0.1, 0.15) is 46.5 Å². The predicted octanol–water partition coefficient (Wildman–Crippen LogP) is 3.86. The molecule has 1 aliphatic carbocycles. The van der Waals surface area contributed by atoms with Crippen molar-refractivity contribution in [1.29, 1.82) is 0 Å². The Kier molecular flexibility index (Phi) is 6.39. The van der Waals surface area contributed by atoms with E-state index in [-0.39, 0.29) is 11.4 Å². The number of aryl methyl sites for hydroxylation is 1. The van der Waals surface area contributed by atoms with E-state index in [2.05, 4.69) is 5.32 Å². The van der Waals surface area contributed by atoms with Crippen molar-refractivity contribution in [1.82, 2.24) is 4.31 Å². The van der Waals surface area contributed by atoms with Crippen molar-refractivity contribution < 1.29 is 22.7 Å². The van der Waals surface area contributed by atoms with Crippen LogP contribution in [0.25, 0.3) is 0 Å². The number of nitrogens with one attached hydrogen (secondary N) is 1. The van der Waals surface area contributed by atoms with Crippen LogP contribution in [0.2, 0.25) is 5.02 Å². The monoisotopic (exact) mass is 482 g/mol. The van der Waals surface area contributed by atoms with Crippen LogP contribution in [0, 0.1) is 0 Å². The summed E-state index contributed by atoms with van der Waals surface area (Å²) in [5, 5.41) is 3.72. The second-order valence-electron chi connectivity index (χ2n) is 7.62. The normalized spacial score (nSPS) is 19.1. The first-order valence-electron chi connectivity index (χ1n) is 10.1. The van der Waals surface area contributed by atoms with Crippen molar-refractivity contribution in [3.8, 4) is 0 Å². The molecular weight excluding hydrogens is 460 g/mol. The fourth-order valence-corrected chi connectivity index (χ4v) is 7.26. The number of hydrogen-bond donors (Lipinski definition) is 1. The van der Waals surface area contributed by atoms with Crippen molar-refractivity contribution in [2.45, 2.75) is 49.5 Å². The zero-order valence-corrected chi connectivity index (χ0v) is 19.4. The van der Waals surface area contributed by atoms with Gasteiger partial charge in [0.25, 0.3) is 0 Å². The van der Waals surface area contributed by atoms with E-state index in [0.29, 0.717) is 28.4 Å². The highest BCUT2D eigenvalue weighted by atomic mass is 35.5. The van der Waals surface area contributed by atoms with E-state index in [0.717, 1.165) is 36.1 Å². The molecule has 166 valence electrons. The third-order valence-corrected chi connectivity index (χ3v) is 9.11. The minimum absolute atomic E-state index is 0.0958. The average molecular weight is 483 g/mol. The summed E-state index contributed by atoms with van der Waals surface area (Å²) in [5.41, 5.74) is 1.34. The van der Waals surface area contributed by atoms with Gasteiger partial charge in [0.05, 0.1) is 17.6 Å². The lowest BCUT2D eigenvalue weighted by atomic mass is 9.95. The Hall–Kier alpha value is -1.94. The predicted molar refractivity (Wildman–Crippen MR) is 119 cm³/mol. The number of carbonyl (C=O) groups excluding carboxylic acids is 2. The highest BCUT2D eigenvalue weighted by molar-refractivity contribution is 7.89. The van der Waals surface area contributed by atoms with E-state index in [9.17, 15) is 18.0 Å². The molecule has 0 unspecified atom stereocenters. The zero-order valence-electron chi connectivity index (χ0n) is 17.0. The highest BCUT2D eigenvalue weighted by Gasteiger charge is 2.40. The largest absolute Gasteiger partial charge is 0.465 e. The Morgan fingerprint density at radius 2 is 1.87 bits per heavy atom. The molecule has 0 bridgehead atoms. The first-order chi connectivity index (χ1) is 14.8. The molecule has 0 radical (unpaired) electrons. The molecule has 1 atom stereocenters. The second kappa shape index (κ2) is 8.90. The smallest absolute Gasteiger partial charge is 0.341 e. The molecule has 10 heteroatoms. The summed E-state index contributed by atoms with van der Waals surface area (Å²) in [6.45, 7) is 0.258. The van der Waals surface area contributed by atoms with E-state index in [4.69, 9.17) is 16.3 Å². The van der Waals surface area contributed by atoms with Crippen molar-refractivity contribution in [3.63, 3.8) is 0 Å². The third-order valence-electron chi connectivity index (χ3n) is 5.72. The third kappa shape index (κ3) is 4.24. The van der Waals surface area contributed by atoms with Gasteiger partial charge in [0.15, 0.2) is 0 Å². The summed E-state index contributed by atoms with van der Waals surface area (Å²) in [6.07, 6.45) is 4.65. The molecule has 1 fully saturated rings. The number of rotatable bonds is 5. The standard InChI is InChI=1S/C21H23ClN2O5S2/c1-29-21(26)18-15-5-2-3-7-17(15)30-20(18)23-19(25)16-6-4-12-24(16)31(27,28)14-10-8-13(22)9-11-14/h8-11,16H,2-7,12H2,1H3,(H,23,25)/t16-/m0/s1. The van der Waals surface area contributed by atoms with Crippen molar-refractivity contribution in [2.75, 3.05) is 19.0 Å². The number of hydrogen-bond acceptors (Lipinski definition) is 6. The van der Waals surface area contributed by atoms with Gasteiger partial charge in [-0.2, -0.15) is 4.31 Å². The summed E-state index contributed by atoms with van der Waals surface area (Å²) in [7, 11) is -2.53. The number of esters is 1. The van der Waals surface area contributed by atoms with Crippen LogP contribution in [0.15, 0.2) is 29.2 Å². The first kappa shape index (κ1) is 22.3. The molecule has 0 spiro atoms. The molecule has 2 heterocycles. The number of carbonyl (C=O) groups is 2. The quantitative estimate of drug-likeness (QED) is 0.653. The number of fused-ring (bicyclic) bond motifs is 1. The molecule has 1 aromatic heterocycles. The van der Waals surface area contributed by atoms with Gasteiger partial charge in [-0.05, 0) is 68.4 Å². The average Bonchev–Trinajstić information content (AvgIpc) is 3.39. The number of methoxy groups -OCH3 is 1. The number of sulfonamides is 1. The van der Waals surface area contributed by atoms with Crippen molar-refractivity contribution >= 4 is 49.8 Å². The lowest BCUT2D eigenvalue weighted by molar-refractivity contribution is -0.119. The molecule has 1 saturated heterocycles. The molecule has 2 aliphatic rings. The number of thiophene rings is 1. The lowest BCUT2D eigenvalue weighted by Gasteiger charge is -2.23. The summed E-state index contributed by atoms with van der Waals surface area (Å²) >= 11 is 7.26. The van der Waals surface area contributed by atoms with Crippen molar-refractivity contribution in [2.24, 2.45) is 0 Å². The molecule has 0 saturated carbocycles. The Morgan fingerprint density at radius 3 is 2.58 bits per heavy atom. The minimum Gasteiger partial charge on any atom is -0.465 e. The molecule has 1 amide bonds. The molecule has 1 N–H and O–H groups in total. The molecule has 31 heavy (non-hydrogen) atoms. The van der Waals surface area contributed by atoms with Crippen LogP contribution in [-0.2, 0) is 32.4 Å². The minimum atomic E-state index is -3.85. The second-order valence-corrected chi connectivity index (χ2v) is 11.1. The maximum Gasteiger partial charge on any atom is 0.341 e. The van der Waals surface area contributed by atoms with Gasteiger partial charge in [0, 0.05) is 16.4 Å². The van der Waals surface area contributed by atoms with Crippen LogP contribution in [-0.4, -0.2) is 44.3 Å². The van der Waals surface area contributed by atoms with Crippen LogP contribution < -0.4 is 5.32 Å². The molecule has 1 aromatic carbocycles. The van der Waals surface area contributed by atoms with Gasteiger partial charge in [-0.15, -0.1) is 11.3 Å². The number of halogens is 1. The fraction of sp³-hybridized carbons (Fsp3) is 0.429. The SMILES string of the molecule is COC(=O)c1c(NC(=O)[C@@H]2CCCN2S(=O)(=O)c2ccc(Cl)cc2)sc2c1CCCC2. The molecule has 7 nitrogen and oxygen atoms in total. The molecule has 1 aliphatic heterocycles. The Labute approximate surface area is 190 Å². The van der Waals surface area contributed by atoms with Crippen LogP contribution in [0.4, 0.5) is 5.00 Å². The Balaban J connectivity index is 1.61. The lowest BCUT2D eigenvalue weighted by Crippen LogP contribution is -2.43. The molecule has 4 rings (SSSR count). The summed E-state index contributed by atoms with van der Waals surface area (Å²) in [5.74, 6) is -0.912. The van der Waals surface area contributed by atoms with Crippen LogP contribution in [0.3, 0.4) is 0 Å². The van der Waals surface area contributed by atoms with Gasteiger partial charge >= 0.3 is 5.97 Å². The van der Waals surface area contributed by atoms with Gasteiger partial charge < -0.3 is 10.1 Å². The van der Waals surface area contributed by atoms with Gasteiger partial charge in [0.1, 0.15) is 11.0 Å². The number of amides is 1. The fourth-order valence-electron chi connectivity index (χ4n) is 4.20. The topological polar surface area (TPSA) is 92.8 Å². The highest BCUT2D eigenvalue weighted by Crippen LogP contribution is 2.39. The van der Waals surface area contributed by atoms with Gasteiger partial charge in [-0.3, -0.25) is 4.79 Å².